The van der Waals surface area contributed by atoms with Gasteiger partial charge in [0.15, 0.2) is 0 Å². The number of carboxylic acid groups (broad SMARTS) is 1. The Morgan fingerprint density at radius 1 is 0.969 bits per heavy atom. The highest BCUT2D eigenvalue weighted by Crippen LogP contribution is 2.42. The lowest BCUT2D eigenvalue weighted by Crippen LogP contribution is -2.61. The number of nitrogens with zero attached hydrogens (tertiary/aromatic N) is 1. The number of halogens is 1. The SMILES string of the molecule is CC(C)(C)N(C[C@@]1(C2CC2)NC(=O)NC1=O)C(=O)O.Cl.NC[C@@]1(C2CC2)NC(=O)NC1=O. The van der Waals surface area contributed by atoms with E-state index < -0.39 is 40.7 Å². The Morgan fingerprint density at radius 3 is 1.66 bits per heavy atom. The summed E-state index contributed by atoms with van der Waals surface area (Å²) in [7, 11) is 0. The van der Waals surface area contributed by atoms with Gasteiger partial charge in [-0.15, -0.1) is 12.4 Å². The minimum atomic E-state index is -1.11. The van der Waals surface area contributed by atoms with Crippen LogP contribution >= 0.6 is 12.4 Å². The summed E-state index contributed by atoms with van der Waals surface area (Å²) in [6.45, 7) is 5.45. The molecular formula is C19H31ClN6O6. The fraction of sp³-hybridized carbons (Fsp3) is 0.737. The number of amides is 7. The van der Waals surface area contributed by atoms with Crippen molar-refractivity contribution in [1.82, 2.24) is 26.2 Å². The third kappa shape index (κ3) is 4.75. The summed E-state index contributed by atoms with van der Waals surface area (Å²) in [6.07, 6.45) is 2.51. The van der Waals surface area contributed by atoms with E-state index in [0.29, 0.717) is 0 Å². The molecule has 2 aliphatic heterocycles. The summed E-state index contributed by atoms with van der Waals surface area (Å²) in [5.74, 6) is -0.426. The Bertz CT molecular complexity index is 824. The molecule has 13 heteroatoms. The van der Waals surface area contributed by atoms with Crippen LogP contribution in [-0.4, -0.2) is 69.7 Å². The zero-order chi connectivity index (χ0) is 23.2. The Hall–Kier alpha value is -2.60. The van der Waals surface area contributed by atoms with Crippen LogP contribution in [0.3, 0.4) is 0 Å². The average molecular weight is 475 g/mol. The van der Waals surface area contributed by atoms with E-state index in [4.69, 9.17) is 5.73 Å². The van der Waals surface area contributed by atoms with Crippen molar-refractivity contribution in [2.45, 2.75) is 63.1 Å². The lowest BCUT2D eigenvalue weighted by Gasteiger charge is -2.39. The highest BCUT2D eigenvalue weighted by molar-refractivity contribution is 6.08. The molecule has 0 aromatic carbocycles. The van der Waals surface area contributed by atoms with Crippen LogP contribution in [0.15, 0.2) is 0 Å². The minimum absolute atomic E-state index is 0. The molecule has 0 aromatic heterocycles. The summed E-state index contributed by atoms with van der Waals surface area (Å²) in [5, 5.41) is 19.0. The fourth-order valence-corrected chi connectivity index (χ4v) is 4.13. The van der Waals surface area contributed by atoms with Gasteiger partial charge >= 0.3 is 18.2 Å². The van der Waals surface area contributed by atoms with Crippen LogP contribution in [0.1, 0.15) is 46.5 Å². The van der Waals surface area contributed by atoms with Crippen molar-refractivity contribution in [3.8, 4) is 0 Å². The van der Waals surface area contributed by atoms with Gasteiger partial charge in [0.25, 0.3) is 11.8 Å². The van der Waals surface area contributed by atoms with Crippen molar-refractivity contribution in [2.24, 2.45) is 17.6 Å². The van der Waals surface area contributed by atoms with Crippen molar-refractivity contribution in [3.05, 3.63) is 0 Å². The van der Waals surface area contributed by atoms with Crippen LogP contribution in [0.4, 0.5) is 14.4 Å². The molecule has 0 bridgehead atoms. The van der Waals surface area contributed by atoms with Crippen LogP contribution in [0.2, 0.25) is 0 Å². The Kier molecular flexibility index (Phi) is 7.01. The quantitative estimate of drug-likeness (QED) is 0.305. The van der Waals surface area contributed by atoms with E-state index in [9.17, 15) is 29.1 Å². The number of carbonyl (C=O) groups excluding carboxylic acids is 4. The van der Waals surface area contributed by atoms with Crippen LogP contribution in [0, 0.1) is 11.8 Å². The highest BCUT2D eigenvalue weighted by Gasteiger charge is 2.58. The van der Waals surface area contributed by atoms with Crippen LogP contribution in [0.5, 0.6) is 0 Å². The Morgan fingerprint density at radius 2 is 1.38 bits per heavy atom. The largest absolute Gasteiger partial charge is 0.465 e. The van der Waals surface area contributed by atoms with Crippen molar-refractivity contribution in [1.29, 1.82) is 0 Å². The van der Waals surface area contributed by atoms with Gasteiger partial charge in [-0.1, -0.05) is 0 Å². The fourth-order valence-electron chi connectivity index (χ4n) is 4.13. The number of carbonyl (C=O) groups is 5. The molecule has 12 nitrogen and oxygen atoms in total. The van der Waals surface area contributed by atoms with Gasteiger partial charge in [-0.05, 0) is 58.3 Å². The molecule has 4 aliphatic rings. The van der Waals surface area contributed by atoms with Gasteiger partial charge < -0.3 is 26.4 Å². The maximum Gasteiger partial charge on any atom is 0.407 e. The highest BCUT2D eigenvalue weighted by atomic mass is 35.5. The standard InChI is InChI=1S/C12H19N3O4.C7H11N3O2.ClH/c1-11(2,3)15(10(18)19)6-12(7-4-5-7)8(16)13-9(17)14-12;8-3-7(4-1-2-4)5(11)9-6(12)10-7;/h7H,4-6H2,1-3H3,(H,18,19)(H2,13,14,16,17);4H,1-3,8H2,(H2,9,10,11,12);1H/t12-;7-;/m00./s1. The van der Waals surface area contributed by atoms with E-state index >= 15 is 0 Å². The maximum atomic E-state index is 12.1. The summed E-state index contributed by atoms with van der Waals surface area (Å²) >= 11 is 0. The second-order valence-electron chi connectivity index (χ2n) is 9.55. The lowest BCUT2D eigenvalue weighted by molar-refractivity contribution is -0.126. The number of rotatable bonds is 5. The van der Waals surface area contributed by atoms with E-state index in [1.54, 1.807) is 20.8 Å². The average Bonchev–Trinajstić information content (AvgIpc) is 3.55. The first-order valence-corrected chi connectivity index (χ1v) is 10.3. The first-order chi connectivity index (χ1) is 14.4. The molecule has 180 valence electrons. The molecule has 0 aromatic rings. The van der Waals surface area contributed by atoms with E-state index in [0.717, 1.165) is 25.7 Å². The molecule has 4 rings (SSSR count). The Labute approximate surface area is 191 Å². The minimum Gasteiger partial charge on any atom is -0.465 e. The second kappa shape index (κ2) is 8.74. The van der Waals surface area contributed by atoms with Gasteiger partial charge in [0.05, 0.1) is 6.54 Å². The number of nitrogens with one attached hydrogen (secondary N) is 4. The van der Waals surface area contributed by atoms with Crippen molar-refractivity contribution < 1.29 is 29.1 Å². The molecule has 2 atom stereocenters. The van der Waals surface area contributed by atoms with E-state index in [2.05, 4.69) is 21.3 Å². The van der Waals surface area contributed by atoms with Gasteiger partial charge in [-0.2, -0.15) is 0 Å². The van der Waals surface area contributed by atoms with Crippen LogP contribution in [-0.2, 0) is 9.59 Å². The smallest absolute Gasteiger partial charge is 0.407 e. The van der Waals surface area contributed by atoms with Gasteiger partial charge in [0.2, 0.25) is 0 Å². The summed E-state index contributed by atoms with van der Waals surface area (Å²) in [6, 6.07) is -0.964. The molecule has 2 saturated heterocycles. The second-order valence-corrected chi connectivity index (χ2v) is 9.55. The van der Waals surface area contributed by atoms with Crippen molar-refractivity contribution in [3.63, 3.8) is 0 Å². The lowest BCUT2D eigenvalue weighted by atomic mass is 9.90. The normalized spacial score (nSPS) is 29.0. The molecule has 0 radical (unpaired) electrons. The predicted octanol–water partition coefficient (Wildman–Crippen LogP) is 0.108. The molecule has 2 saturated carbocycles. The van der Waals surface area contributed by atoms with Gasteiger partial charge in [0, 0.05) is 12.1 Å². The zero-order valence-electron chi connectivity index (χ0n) is 18.3. The molecule has 7 amide bonds. The topological polar surface area (TPSA) is 183 Å². The van der Waals surface area contributed by atoms with Crippen LogP contribution < -0.4 is 27.0 Å². The molecule has 0 unspecified atom stereocenters. The summed E-state index contributed by atoms with van der Waals surface area (Å²) in [4.78, 5) is 58.3. The van der Waals surface area contributed by atoms with Gasteiger partial charge in [-0.25, -0.2) is 14.4 Å². The molecule has 4 fully saturated rings. The number of nitrogens with two attached hydrogens (primary N) is 1. The molecule has 0 spiro atoms. The maximum absolute atomic E-state index is 12.1. The van der Waals surface area contributed by atoms with Gasteiger partial charge in [0.1, 0.15) is 11.1 Å². The molecule has 32 heavy (non-hydrogen) atoms. The third-order valence-electron chi connectivity index (χ3n) is 6.26. The monoisotopic (exact) mass is 474 g/mol. The summed E-state index contributed by atoms with van der Waals surface area (Å²) < 4.78 is 0. The molecular weight excluding hydrogens is 444 g/mol. The third-order valence-corrected chi connectivity index (χ3v) is 6.26. The Balaban J connectivity index is 0.000000241. The first kappa shape index (κ1) is 25.7. The van der Waals surface area contributed by atoms with Crippen LogP contribution in [0.25, 0.3) is 0 Å². The summed E-state index contributed by atoms with van der Waals surface area (Å²) in [5.41, 5.74) is 2.95. The number of urea groups is 2. The number of hydrogen-bond donors (Lipinski definition) is 6. The number of hydrogen-bond acceptors (Lipinski definition) is 6. The first-order valence-electron chi connectivity index (χ1n) is 10.3. The predicted molar refractivity (Wildman–Crippen MR) is 115 cm³/mol. The van der Waals surface area contributed by atoms with Crippen molar-refractivity contribution >= 4 is 42.4 Å². The van der Waals surface area contributed by atoms with E-state index in [1.807, 2.05) is 0 Å². The molecule has 7 N–H and O–H groups in total. The number of imide groups is 2. The molecule has 2 heterocycles. The van der Waals surface area contributed by atoms with E-state index in [-0.39, 0.29) is 43.2 Å². The van der Waals surface area contributed by atoms with E-state index in [1.165, 1.54) is 4.90 Å². The van der Waals surface area contributed by atoms with Gasteiger partial charge in [-0.3, -0.25) is 20.2 Å². The van der Waals surface area contributed by atoms with Crippen molar-refractivity contribution in [2.75, 3.05) is 13.1 Å². The zero-order valence-corrected chi connectivity index (χ0v) is 19.1. The molecule has 2 aliphatic carbocycles.